The summed E-state index contributed by atoms with van der Waals surface area (Å²) < 4.78 is 4.66. The number of rotatable bonds is 5. The van der Waals surface area contributed by atoms with Crippen LogP contribution in [-0.4, -0.2) is 48.0 Å². The molecule has 1 saturated heterocycles. The molecular weight excluding hydrogens is 304 g/mol. The Balaban J connectivity index is 1.95. The summed E-state index contributed by atoms with van der Waals surface area (Å²) in [7, 11) is 1.31. The van der Waals surface area contributed by atoms with Gasteiger partial charge in [-0.3, -0.25) is 9.59 Å². The molecule has 6 nitrogen and oxygen atoms in total. The maximum absolute atomic E-state index is 12.0. The topological polar surface area (TPSA) is 75.7 Å². The van der Waals surface area contributed by atoms with Gasteiger partial charge in [0.2, 0.25) is 5.91 Å². The number of hydrogen-bond acceptors (Lipinski definition) is 5. The van der Waals surface area contributed by atoms with Gasteiger partial charge >= 0.3 is 5.97 Å². The standard InChI is InChI=1S/C15H18N2O4S/c1-10-3-4-11(14(19)21-2)9-12(10)16-13(18)5-6-17-7-8-22-15(17)20/h3-4,9H,5-8H2,1-2H3,(H,16,18). The van der Waals surface area contributed by atoms with Crippen LogP contribution in [0.15, 0.2) is 18.2 Å². The van der Waals surface area contributed by atoms with Gasteiger partial charge in [-0.05, 0) is 24.6 Å². The number of ether oxygens (including phenoxy) is 1. The number of thioether (sulfide) groups is 1. The minimum absolute atomic E-state index is 0.0247. The van der Waals surface area contributed by atoms with Gasteiger partial charge in [0, 0.05) is 31.0 Å². The monoisotopic (exact) mass is 322 g/mol. The van der Waals surface area contributed by atoms with E-state index in [4.69, 9.17) is 0 Å². The van der Waals surface area contributed by atoms with Crippen LogP contribution in [0.25, 0.3) is 0 Å². The van der Waals surface area contributed by atoms with E-state index in [2.05, 4.69) is 10.1 Å². The van der Waals surface area contributed by atoms with Gasteiger partial charge in [0.15, 0.2) is 0 Å². The van der Waals surface area contributed by atoms with Crippen LogP contribution in [-0.2, 0) is 9.53 Å². The second-order valence-corrected chi connectivity index (χ2v) is 5.97. The van der Waals surface area contributed by atoms with Gasteiger partial charge in [-0.2, -0.15) is 0 Å². The Kier molecular flexibility index (Phi) is 5.43. The molecule has 1 aliphatic heterocycles. The zero-order valence-corrected chi connectivity index (χ0v) is 13.4. The van der Waals surface area contributed by atoms with E-state index in [0.29, 0.717) is 24.3 Å². The Morgan fingerprint density at radius 2 is 2.18 bits per heavy atom. The fourth-order valence-electron chi connectivity index (χ4n) is 2.08. The summed E-state index contributed by atoms with van der Waals surface area (Å²) in [6.45, 7) is 2.94. The third kappa shape index (κ3) is 4.00. The Morgan fingerprint density at radius 1 is 1.41 bits per heavy atom. The summed E-state index contributed by atoms with van der Waals surface area (Å²) in [4.78, 5) is 36.7. The van der Waals surface area contributed by atoms with Gasteiger partial charge in [-0.15, -0.1) is 0 Å². The fourth-order valence-corrected chi connectivity index (χ4v) is 2.93. The number of carbonyl (C=O) groups excluding carboxylic acids is 3. The van der Waals surface area contributed by atoms with Gasteiger partial charge in [0.25, 0.3) is 5.24 Å². The number of amides is 2. The predicted octanol–water partition coefficient (Wildman–Crippen LogP) is 2.28. The molecule has 0 bridgehead atoms. The van der Waals surface area contributed by atoms with E-state index in [1.165, 1.54) is 18.9 Å². The lowest BCUT2D eigenvalue weighted by Gasteiger charge is -2.14. The summed E-state index contributed by atoms with van der Waals surface area (Å²) in [5.74, 6) is 0.144. The highest BCUT2D eigenvalue weighted by molar-refractivity contribution is 8.13. The number of nitrogens with one attached hydrogen (secondary N) is 1. The van der Waals surface area contributed by atoms with E-state index in [1.807, 2.05) is 6.92 Å². The van der Waals surface area contributed by atoms with Gasteiger partial charge in [0.05, 0.1) is 12.7 Å². The Bertz CT molecular complexity index is 603. The average molecular weight is 322 g/mol. The Hall–Kier alpha value is -2.02. The lowest BCUT2D eigenvalue weighted by molar-refractivity contribution is -0.116. The molecular formula is C15H18N2O4S. The van der Waals surface area contributed by atoms with E-state index in [0.717, 1.165) is 11.3 Å². The molecule has 0 atom stereocenters. The molecule has 1 fully saturated rings. The number of methoxy groups -OCH3 is 1. The first-order valence-corrected chi connectivity index (χ1v) is 7.90. The normalized spacial score (nSPS) is 14.1. The van der Waals surface area contributed by atoms with Crippen molar-refractivity contribution in [2.75, 3.05) is 31.3 Å². The molecule has 0 spiro atoms. The molecule has 118 valence electrons. The first-order valence-electron chi connectivity index (χ1n) is 6.92. The Morgan fingerprint density at radius 3 is 2.82 bits per heavy atom. The second kappa shape index (κ2) is 7.31. The predicted molar refractivity (Wildman–Crippen MR) is 85.2 cm³/mol. The van der Waals surface area contributed by atoms with Crippen molar-refractivity contribution in [1.29, 1.82) is 0 Å². The van der Waals surface area contributed by atoms with Crippen molar-refractivity contribution in [2.24, 2.45) is 0 Å². The summed E-state index contributed by atoms with van der Waals surface area (Å²) in [5, 5.41) is 2.80. The highest BCUT2D eigenvalue weighted by atomic mass is 32.2. The summed E-state index contributed by atoms with van der Waals surface area (Å²) in [6, 6.07) is 5.00. The second-order valence-electron chi connectivity index (χ2n) is 4.92. The van der Waals surface area contributed by atoms with E-state index >= 15 is 0 Å². The molecule has 0 unspecified atom stereocenters. The lowest BCUT2D eigenvalue weighted by Crippen LogP contribution is -2.27. The number of anilines is 1. The minimum Gasteiger partial charge on any atom is -0.465 e. The molecule has 1 heterocycles. The first-order chi connectivity index (χ1) is 10.5. The van der Waals surface area contributed by atoms with Gasteiger partial charge in [-0.25, -0.2) is 4.79 Å². The van der Waals surface area contributed by atoms with Gasteiger partial charge in [-0.1, -0.05) is 17.8 Å². The van der Waals surface area contributed by atoms with E-state index in [9.17, 15) is 14.4 Å². The smallest absolute Gasteiger partial charge is 0.337 e. The molecule has 2 amide bonds. The van der Waals surface area contributed by atoms with Crippen molar-refractivity contribution in [3.05, 3.63) is 29.3 Å². The number of hydrogen-bond donors (Lipinski definition) is 1. The number of benzene rings is 1. The molecule has 0 radical (unpaired) electrons. The molecule has 0 aromatic heterocycles. The molecule has 0 aliphatic carbocycles. The zero-order valence-electron chi connectivity index (χ0n) is 12.5. The van der Waals surface area contributed by atoms with Crippen LogP contribution >= 0.6 is 11.8 Å². The third-order valence-electron chi connectivity index (χ3n) is 3.39. The molecule has 2 rings (SSSR count). The van der Waals surface area contributed by atoms with E-state index < -0.39 is 5.97 Å². The highest BCUT2D eigenvalue weighted by Crippen LogP contribution is 2.19. The number of esters is 1. The van der Waals surface area contributed by atoms with Crippen LogP contribution in [0.4, 0.5) is 10.5 Å². The number of carbonyl (C=O) groups is 3. The quantitative estimate of drug-likeness (QED) is 0.842. The summed E-state index contributed by atoms with van der Waals surface area (Å²) in [6.07, 6.45) is 0.230. The number of nitrogens with zero attached hydrogens (tertiary/aromatic N) is 1. The molecule has 1 aliphatic rings. The van der Waals surface area contributed by atoms with Crippen molar-refractivity contribution in [1.82, 2.24) is 4.90 Å². The summed E-state index contributed by atoms with van der Waals surface area (Å²) >= 11 is 1.28. The molecule has 1 N–H and O–H groups in total. The molecule has 22 heavy (non-hydrogen) atoms. The largest absolute Gasteiger partial charge is 0.465 e. The van der Waals surface area contributed by atoms with E-state index in [1.54, 1.807) is 23.1 Å². The number of aryl methyl sites for hydroxylation is 1. The molecule has 7 heteroatoms. The molecule has 0 saturated carbocycles. The van der Waals surface area contributed by atoms with Gasteiger partial charge in [0.1, 0.15) is 0 Å². The third-order valence-corrected chi connectivity index (χ3v) is 4.28. The first kappa shape index (κ1) is 16.4. The van der Waals surface area contributed by atoms with Gasteiger partial charge < -0.3 is 15.0 Å². The van der Waals surface area contributed by atoms with E-state index in [-0.39, 0.29) is 17.6 Å². The van der Waals surface area contributed by atoms with Crippen molar-refractivity contribution < 1.29 is 19.1 Å². The SMILES string of the molecule is COC(=O)c1ccc(C)c(NC(=O)CCN2CCSC2=O)c1. The van der Waals surface area contributed by atoms with Crippen molar-refractivity contribution in [3.63, 3.8) is 0 Å². The van der Waals surface area contributed by atoms with Crippen LogP contribution in [0.5, 0.6) is 0 Å². The van der Waals surface area contributed by atoms with Crippen molar-refractivity contribution in [2.45, 2.75) is 13.3 Å². The van der Waals surface area contributed by atoms with Crippen LogP contribution < -0.4 is 5.32 Å². The van der Waals surface area contributed by atoms with Crippen molar-refractivity contribution >= 4 is 34.6 Å². The van der Waals surface area contributed by atoms with Crippen LogP contribution in [0.3, 0.4) is 0 Å². The molecule has 1 aromatic carbocycles. The van der Waals surface area contributed by atoms with Crippen LogP contribution in [0, 0.1) is 6.92 Å². The maximum atomic E-state index is 12.0. The highest BCUT2D eigenvalue weighted by Gasteiger charge is 2.21. The Labute approximate surface area is 133 Å². The van der Waals surface area contributed by atoms with Crippen molar-refractivity contribution in [3.8, 4) is 0 Å². The zero-order chi connectivity index (χ0) is 16.1. The van der Waals surface area contributed by atoms with Crippen LogP contribution in [0.2, 0.25) is 0 Å². The van der Waals surface area contributed by atoms with Crippen LogP contribution in [0.1, 0.15) is 22.3 Å². The lowest BCUT2D eigenvalue weighted by atomic mass is 10.1. The summed E-state index contributed by atoms with van der Waals surface area (Å²) in [5.41, 5.74) is 1.82. The molecule has 1 aromatic rings. The minimum atomic E-state index is -0.449. The average Bonchev–Trinajstić information content (AvgIpc) is 2.92. The maximum Gasteiger partial charge on any atom is 0.337 e. The fraction of sp³-hybridized carbons (Fsp3) is 0.400.